The summed E-state index contributed by atoms with van der Waals surface area (Å²) in [6.45, 7) is 7.83. The normalized spacial score (nSPS) is 24.8. The Kier molecular flexibility index (Phi) is 6.50. The maximum Gasteiger partial charge on any atom is 0.0959 e. The van der Waals surface area contributed by atoms with Crippen molar-refractivity contribution in [3.63, 3.8) is 0 Å². The fraction of sp³-hybridized carbons (Fsp3) is 0.824. The zero-order valence-electron chi connectivity index (χ0n) is 13.3. The first kappa shape index (κ1) is 16.0. The van der Waals surface area contributed by atoms with E-state index >= 15 is 0 Å². The highest BCUT2D eigenvalue weighted by atomic mass is 32.1. The van der Waals surface area contributed by atoms with Crippen LogP contribution >= 0.6 is 11.3 Å². The van der Waals surface area contributed by atoms with Crippen LogP contribution in [0.15, 0.2) is 5.38 Å². The lowest BCUT2D eigenvalue weighted by molar-refractivity contribution is 0.307. The fourth-order valence-corrected chi connectivity index (χ4v) is 4.34. The van der Waals surface area contributed by atoms with E-state index in [2.05, 4.69) is 31.5 Å². The van der Waals surface area contributed by atoms with Crippen molar-refractivity contribution in [3.05, 3.63) is 16.1 Å². The minimum atomic E-state index is 0.399. The number of nitrogens with one attached hydrogen (secondary N) is 1. The summed E-state index contributed by atoms with van der Waals surface area (Å²) in [4.78, 5) is 4.91. The highest BCUT2D eigenvalue weighted by molar-refractivity contribution is 7.09. The fourth-order valence-electron chi connectivity index (χ4n) is 3.26. The third-order valence-corrected chi connectivity index (χ3v) is 5.60. The quantitative estimate of drug-likeness (QED) is 0.740. The third-order valence-electron chi connectivity index (χ3n) is 4.58. The highest BCUT2D eigenvalue weighted by Crippen LogP contribution is 2.38. The molecule has 3 heteroatoms. The average molecular weight is 295 g/mol. The molecule has 0 radical (unpaired) electrons. The number of hydrogen-bond donors (Lipinski definition) is 1. The minimum Gasteiger partial charge on any atom is -0.309 e. The Labute approximate surface area is 128 Å². The van der Waals surface area contributed by atoms with E-state index in [0.29, 0.717) is 6.04 Å². The zero-order chi connectivity index (χ0) is 14.4. The summed E-state index contributed by atoms with van der Waals surface area (Å²) in [5.74, 6) is 1.72. The van der Waals surface area contributed by atoms with Crippen LogP contribution in [0.2, 0.25) is 0 Å². The topological polar surface area (TPSA) is 24.9 Å². The van der Waals surface area contributed by atoms with E-state index in [1.54, 1.807) is 0 Å². The first-order valence-electron chi connectivity index (χ1n) is 8.43. The Morgan fingerprint density at radius 2 is 2.00 bits per heavy atom. The number of nitrogens with zero attached hydrogens (tertiary/aromatic N) is 1. The molecule has 1 atom stereocenters. The molecule has 0 aromatic carbocycles. The molecule has 0 bridgehead atoms. The van der Waals surface area contributed by atoms with Crippen LogP contribution in [0.1, 0.15) is 88.4 Å². The van der Waals surface area contributed by atoms with Crippen LogP contribution in [0.25, 0.3) is 0 Å². The molecule has 0 saturated heterocycles. The van der Waals surface area contributed by atoms with E-state index in [4.69, 9.17) is 4.98 Å². The summed E-state index contributed by atoms with van der Waals surface area (Å²) in [7, 11) is 0. The highest BCUT2D eigenvalue weighted by Gasteiger charge is 2.24. The Balaban J connectivity index is 1.86. The van der Waals surface area contributed by atoms with Gasteiger partial charge in [0.15, 0.2) is 0 Å². The molecule has 1 aliphatic carbocycles. The first-order valence-corrected chi connectivity index (χ1v) is 9.31. The second-order valence-electron chi connectivity index (χ2n) is 6.29. The van der Waals surface area contributed by atoms with Crippen LogP contribution < -0.4 is 5.32 Å². The van der Waals surface area contributed by atoms with Crippen LogP contribution in [0.3, 0.4) is 0 Å². The third kappa shape index (κ3) is 4.29. The van der Waals surface area contributed by atoms with Gasteiger partial charge in [0.05, 0.1) is 10.7 Å². The molecule has 0 amide bonds. The van der Waals surface area contributed by atoms with Crippen molar-refractivity contribution in [3.8, 4) is 0 Å². The van der Waals surface area contributed by atoms with Crippen molar-refractivity contribution in [2.24, 2.45) is 5.92 Å². The largest absolute Gasteiger partial charge is 0.309 e. The van der Waals surface area contributed by atoms with Gasteiger partial charge in [0.25, 0.3) is 0 Å². The van der Waals surface area contributed by atoms with Gasteiger partial charge in [0.2, 0.25) is 0 Å². The van der Waals surface area contributed by atoms with Crippen LogP contribution in [0, 0.1) is 5.92 Å². The summed E-state index contributed by atoms with van der Waals surface area (Å²) in [6.07, 6.45) is 9.49. The maximum absolute atomic E-state index is 4.91. The summed E-state index contributed by atoms with van der Waals surface area (Å²) in [5, 5.41) is 7.19. The smallest absolute Gasteiger partial charge is 0.0959 e. The molecule has 1 aromatic heterocycles. The van der Waals surface area contributed by atoms with Gasteiger partial charge in [-0.3, -0.25) is 0 Å². The molecule has 0 aliphatic heterocycles. The summed E-state index contributed by atoms with van der Waals surface area (Å²) in [5.41, 5.74) is 1.24. The van der Waals surface area contributed by atoms with Crippen molar-refractivity contribution in [1.29, 1.82) is 0 Å². The van der Waals surface area contributed by atoms with E-state index in [9.17, 15) is 0 Å². The summed E-state index contributed by atoms with van der Waals surface area (Å²) < 4.78 is 0. The minimum absolute atomic E-state index is 0.399. The molecule has 1 N–H and O–H groups in total. The SMILES string of the molecule is CCCNC(C)c1csc(C2CCC(CCC)CC2)n1. The molecule has 1 saturated carbocycles. The Bertz CT molecular complexity index is 380. The van der Waals surface area contributed by atoms with Gasteiger partial charge in [-0.1, -0.05) is 26.7 Å². The molecule has 2 rings (SSSR count). The van der Waals surface area contributed by atoms with Crippen molar-refractivity contribution < 1.29 is 0 Å². The molecule has 20 heavy (non-hydrogen) atoms. The Hall–Kier alpha value is -0.410. The van der Waals surface area contributed by atoms with Gasteiger partial charge in [-0.15, -0.1) is 11.3 Å². The molecule has 1 fully saturated rings. The lowest BCUT2D eigenvalue weighted by Gasteiger charge is -2.27. The summed E-state index contributed by atoms with van der Waals surface area (Å²) in [6, 6.07) is 0.399. The van der Waals surface area contributed by atoms with Crippen LogP contribution in [-0.4, -0.2) is 11.5 Å². The van der Waals surface area contributed by atoms with Crippen LogP contribution in [0.4, 0.5) is 0 Å². The number of thiazole rings is 1. The number of aromatic nitrogens is 1. The molecule has 1 aromatic rings. The van der Waals surface area contributed by atoms with E-state index in [1.165, 1.54) is 55.6 Å². The summed E-state index contributed by atoms with van der Waals surface area (Å²) >= 11 is 1.88. The molecule has 1 aliphatic rings. The average Bonchev–Trinajstić information content (AvgIpc) is 2.96. The molecular weight excluding hydrogens is 264 g/mol. The Morgan fingerprint density at radius 1 is 1.25 bits per heavy atom. The molecular formula is C17H30N2S. The molecule has 1 unspecified atom stereocenters. The molecule has 2 nitrogen and oxygen atoms in total. The second-order valence-corrected chi connectivity index (χ2v) is 7.18. The molecule has 0 spiro atoms. The van der Waals surface area contributed by atoms with Crippen molar-refractivity contribution >= 4 is 11.3 Å². The van der Waals surface area contributed by atoms with E-state index < -0.39 is 0 Å². The maximum atomic E-state index is 4.91. The monoisotopic (exact) mass is 294 g/mol. The predicted molar refractivity (Wildman–Crippen MR) is 88.4 cm³/mol. The van der Waals surface area contributed by atoms with Crippen molar-refractivity contribution in [2.75, 3.05) is 6.54 Å². The van der Waals surface area contributed by atoms with Gasteiger partial charge < -0.3 is 5.32 Å². The Morgan fingerprint density at radius 3 is 2.65 bits per heavy atom. The van der Waals surface area contributed by atoms with Gasteiger partial charge in [0.1, 0.15) is 0 Å². The number of rotatable bonds is 7. The van der Waals surface area contributed by atoms with Crippen molar-refractivity contribution in [1.82, 2.24) is 10.3 Å². The first-order chi connectivity index (χ1) is 9.74. The molecule has 1 heterocycles. The van der Waals surface area contributed by atoms with Gasteiger partial charge in [-0.05, 0) is 51.5 Å². The predicted octanol–water partition coefficient (Wildman–Crippen LogP) is 5.28. The van der Waals surface area contributed by atoms with E-state index in [0.717, 1.165) is 18.4 Å². The van der Waals surface area contributed by atoms with Crippen LogP contribution in [-0.2, 0) is 0 Å². The van der Waals surface area contributed by atoms with Gasteiger partial charge in [0, 0.05) is 17.3 Å². The van der Waals surface area contributed by atoms with Gasteiger partial charge in [-0.2, -0.15) is 0 Å². The van der Waals surface area contributed by atoms with Gasteiger partial charge >= 0.3 is 0 Å². The standard InChI is InChI=1S/C17H30N2S/c1-4-6-14-7-9-15(10-8-14)17-19-16(12-20-17)13(3)18-11-5-2/h12-15,18H,4-11H2,1-3H3. The molecule has 114 valence electrons. The number of hydrogen-bond acceptors (Lipinski definition) is 3. The van der Waals surface area contributed by atoms with Gasteiger partial charge in [-0.25, -0.2) is 4.98 Å². The zero-order valence-corrected chi connectivity index (χ0v) is 14.1. The van der Waals surface area contributed by atoms with E-state index in [-0.39, 0.29) is 0 Å². The second kappa shape index (κ2) is 8.14. The van der Waals surface area contributed by atoms with E-state index in [1.807, 2.05) is 11.3 Å². The van der Waals surface area contributed by atoms with Crippen LogP contribution in [0.5, 0.6) is 0 Å². The lowest BCUT2D eigenvalue weighted by atomic mass is 9.80. The lowest BCUT2D eigenvalue weighted by Crippen LogP contribution is -2.19. The van der Waals surface area contributed by atoms with Crippen molar-refractivity contribution in [2.45, 2.75) is 77.7 Å².